The maximum Gasteiger partial charge on any atom is 0.311 e. The van der Waals surface area contributed by atoms with Gasteiger partial charge >= 0.3 is 5.97 Å². The molecule has 0 amide bonds. The van der Waals surface area contributed by atoms with Gasteiger partial charge in [0.1, 0.15) is 5.75 Å². The van der Waals surface area contributed by atoms with Gasteiger partial charge in [0.05, 0.1) is 27.8 Å². The Morgan fingerprint density at radius 2 is 1.70 bits per heavy atom. The molecule has 5 heteroatoms. The van der Waals surface area contributed by atoms with E-state index < -0.39 is 6.10 Å². The van der Waals surface area contributed by atoms with Gasteiger partial charge in [-0.25, -0.2) is 0 Å². The Kier molecular flexibility index (Phi) is 4.10. The van der Waals surface area contributed by atoms with Gasteiger partial charge in [-0.3, -0.25) is 4.79 Å². The van der Waals surface area contributed by atoms with Crippen molar-refractivity contribution in [3.8, 4) is 17.2 Å². The van der Waals surface area contributed by atoms with Crippen LogP contribution in [0, 0.1) is 0 Å². The van der Waals surface area contributed by atoms with Gasteiger partial charge in [0.25, 0.3) is 0 Å². The van der Waals surface area contributed by atoms with Gasteiger partial charge < -0.3 is 18.9 Å². The number of hydrogen-bond acceptors (Lipinski definition) is 5. The summed E-state index contributed by atoms with van der Waals surface area (Å²) in [5.41, 5.74) is 2.60. The van der Waals surface area contributed by atoms with E-state index in [2.05, 4.69) is 0 Å². The van der Waals surface area contributed by atoms with Gasteiger partial charge in [-0.15, -0.1) is 0 Å². The predicted molar refractivity (Wildman–Crippen MR) is 84.2 cm³/mol. The lowest BCUT2D eigenvalue weighted by Crippen LogP contribution is -2.23. The maximum atomic E-state index is 12.0. The predicted octanol–water partition coefficient (Wildman–Crippen LogP) is 2.90. The van der Waals surface area contributed by atoms with Crippen molar-refractivity contribution in [3.63, 3.8) is 0 Å². The Balaban J connectivity index is 2.12. The second-order valence-corrected chi connectivity index (χ2v) is 5.19. The van der Waals surface area contributed by atoms with E-state index in [1.165, 1.54) is 0 Å². The van der Waals surface area contributed by atoms with Crippen LogP contribution in [0.15, 0.2) is 36.4 Å². The van der Waals surface area contributed by atoms with Gasteiger partial charge in [0.15, 0.2) is 17.6 Å². The second kappa shape index (κ2) is 6.20. The Morgan fingerprint density at radius 3 is 2.39 bits per heavy atom. The molecule has 0 saturated carbocycles. The summed E-state index contributed by atoms with van der Waals surface area (Å²) in [7, 11) is 4.76. The molecule has 2 aromatic rings. The fourth-order valence-electron chi connectivity index (χ4n) is 2.86. The van der Waals surface area contributed by atoms with Crippen molar-refractivity contribution in [3.05, 3.63) is 53.1 Å². The van der Waals surface area contributed by atoms with E-state index in [9.17, 15) is 4.79 Å². The highest BCUT2D eigenvalue weighted by atomic mass is 16.5. The number of carbonyl (C=O) groups is 1. The first-order valence-electron chi connectivity index (χ1n) is 7.25. The summed E-state index contributed by atoms with van der Waals surface area (Å²) in [6.07, 6.45) is -0.279. The molecule has 0 saturated heterocycles. The summed E-state index contributed by atoms with van der Waals surface area (Å²) in [4.78, 5) is 12.0. The smallest absolute Gasteiger partial charge is 0.311 e. The molecule has 120 valence electrons. The number of esters is 1. The zero-order valence-corrected chi connectivity index (χ0v) is 13.3. The van der Waals surface area contributed by atoms with Crippen LogP contribution < -0.4 is 14.2 Å². The number of ether oxygens (including phenoxy) is 4. The third kappa shape index (κ3) is 2.70. The van der Waals surface area contributed by atoms with Crippen LogP contribution in [-0.4, -0.2) is 27.3 Å². The molecule has 0 bridgehead atoms. The number of methoxy groups -OCH3 is 3. The molecule has 1 aliphatic heterocycles. The SMILES string of the molecule is COc1ccc(C2OC(=O)Cc3cccc(OC)c32)cc1OC. The summed E-state index contributed by atoms with van der Waals surface area (Å²) in [6, 6.07) is 11.1. The monoisotopic (exact) mass is 314 g/mol. The van der Waals surface area contributed by atoms with Gasteiger partial charge in [-0.05, 0) is 23.8 Å². The lowest BCUT2D eigenvalue weighted by Gasteiger charge is -2.28. The van der Waals surface area contributed by atoms with E-state index in [1.807, 2.05) is 30.3 Å². The topological polar surface area (TPSA) is 54.0 Å². The number of cyclic esters (lactones) is 1. The first kappa shape index (κ1) is 15.2. The van der Waals surface area contributed by atoms with Gasteiger partial charge in [-0.1, -0.05) is 18.2 Å². The fraction of sp³-hybridized carbons (Fsp3) is 0.278. The van der Waals surface area contributed by atoms with E-state index in [0.29, 0.717) is 17.2 Å². The van der Waals surface area contributed by atoms with Crippen LogP contribution in [0.2, 0.25) is 0 Å². The number of carbonyl (C=O) groups excluding carboxylic acids is 1. The Hall–Kier alpha value is -2.69. The molecule has 1 unspecified atom stereocenters. The average Bonchev–Trinajstić information content (AvgIpc) is 2.59. The zero-order chi connectivity index (χ0) is 16.4. The van der Waals surface area contributed by atoms with Crippen molar-refractivity contribution in [1.29, 1.82) is 0 Å². The molecule has 3 rings (SSSR count). The first-order chi connectivity index (χ1) is 11.2. The van der Waals surface area contributed by atoms with E-state index in [-0.39, 0.29) is 12.4 Å². The minimum Gasteiger partial charge on any atom is -0.496 e. The molecule has 1 heterocycles. The van der Waals surface area contributed by atoms with Crippen molar-refractivity contribution in [2.24, 2.45) is 0 Å². The highest BCUT2D eigenvalue weighted by Gasteiger charge is 2.31. The second-order valence-electron chi connectivity index (χ2n) is 5.19. The van der Waals surface area contributed by atoms with Gasteiger partial charge in [0, 0.05) is 11.1 Å². The fourth-order valence-corrected chi connectivity index (χ4v) is 2.86. The summed E-state index contributed by atoms with van der Waals surface area (Å²) in [5, 5.41) is 0. The lowest BCUT2D eigenvalue weighted by molar-refractivity contribution is -0.148. The molecule has 1 aliphatic rings. The molecule has 5 nitrogen and oxygen atoms in total. The molecule has 0 radical (unpaired) electrons. The lowest BCUT2D eigenvalue weighted by atomic mass is 9.91. The molecule has 0 N–H and O–H groups in total. The molecule has 0 aromatic heterocycles. The van der Waals surface area contributed by atoms with E-state index in [1.54, 1.807) is 27.4 Å². The third-order valence-corrected chi connectivity index (χ3v) is 3.93. The third-order valence-electron chi connectivity index (χ3n) is 3.93. The highest BCUT2D eigenvalue weighted by molar-refractivity contribution is 5.77. The van der Waals surface area contributed by atoms with Crippen LogP contribution in [0.1, 0.15) is 22.8 Å². The minimum atomic E-state index is -0.526. The summed E-state index contributed by atoms with van der Waals surface area (Å²) >= 11 is 0. The number of rotatable bonds is 4. The van der Waals surface area contributed by atoms with Crippen molar-refractivity contribution < 1.29 is 23.7 Å². The van der Waals surface area contributed by atoms with Crippen LogP contribution in [0.5, 0.6) is 17.2 Å². The highest BCUT2D eigenvalue weighted by Crippen LogP contribution is 2.41. The number of benzene rings is 2. The Morgan fingerprint density at radius 1 is 0.957 bits per heavy atom. The molecule has 23 heavy (non-hydrogen) atoms. The number of fused-ring (bicyclic) bond motifs is 1. The van der Waals surface area contributed by atoms with Crippen molar-refractivity contribution >= 4 is 5.97 Å². The van der Waals surface area contributed by atoms with Crippen LogP contribution in [-0.2, 0) is 16.0 Å². The molecule has 0 aliphatic carbocycles. The van der Waals surface area contributed by atoms with Crippen LogP contribution in [0.3, 0.4) is 0 Å². The van der Waals surface area contributed by atoms with Gasteiger partial charge in [-0.2, -0.15) is 0 Å². The van der Waals surface area contributed by atoms with E-state index in [4.69, 9.17) is 18.9 Å². The molecule has 0 spiro atoms. The largest absolute Gasteiger partial charge is 0.496 e. The molecular weight excluding hydrogens is 296 g/mol. The molecule has 0 fully saturated rings. The summed E-state index contributed by atoms with van der Waals surface area (Å²) in [6.45, 7) is 0. The van der Waals surface area contributed by atoms with Crippen molar-refractivity contribution in [2.45, 2.75) is 12.5 Å². The number of hydrogen-bond donors (Lipinski definition) is 0. The molecule has 2 aromatic carbocycles. The summed E-state index contributed by atoms with van der Waals surface area (Å²) < 4.78 is 21.7. The first-order valence-corrected chi connectivity index (χ1v) is 7.25. The quantitative estimate of drug-likeness (QED) is 0.812. The van der Waals surface area contributed by atoms with Crippen LogP contribution in [0.25, 0.3) is 0 Å². The maximum absolute atomic E-state index is 12.0. The Bertz CT molecular complexity index is 738. The standard InChI is InChI=1S/C18H18O5/c1-20-13-8-7-12(9-15(13)22-3)18-17-11(10-16(19)23-18)5-4-6-14(17)21-2/h4-9,18H,10H2,1-3H3. The zero-order valence-electron chi connectivity index (χ0n) is 13.3. The summed E-state index contributed by atoms with van der Waals surface area (Å²) in [5.74, 6) is 1.65. The van der Waals surface area contributed by atoms with E-state index >= 15 is 0 Å². The van der Waals surface area contributed by atoms with E-state index in [0.717, 1.165) is 16.7 Å². The Labute approximate surface area is 134 Å². The van der Waals surface area contributed by atoms with Crippen LogP contribution >= 0.6 is 0 Å². The molecule has 1 atom stereocenters. The van der Waals surface area contributed by atoms with Crippen molar-refractivity contribution in [1.82, 2.24) is 0 Å². The minimum absolute atomic E-state index is 0.246. The van der Waals surface area contributed by atoms with Gasteiger partial charge in [0.2, 0.25) is 0 Å². The normalized spacial score (nSPS) is 16.3. The van der Waals surface area contributed by atoms with Crippen molar-refractivity contribution in [2.75, 3.05) is 21.3 Å². The molecular formula is C18H18O5. The average molecular weight is 314 g/mol. The van der Waals surface area contributed by atoms with Crippen LogP contribution in [0.4, 0.5) is 0 Å².